The van der Waals surface area contributed by atoms with Gasteiger partial charge in [0.1, 0.15) is 17.7 Å². The van der Waals surface area contributed by atoms with Crippen LogP contribution < -0.4 is 9.64 Å². The summed E-state index contributed by atoms with van der Waals surface area (Å²) in [6.45, 7) is 2.45. The first-order valence-electron chi connectivity index (χ1n) is 6.87. The summed E-state index contributed by atoms with van der Waals surface area (Å²) in [4.78, 5) is 18.0. The van der Waals surface area contributed by atoms with Gasteiger partial charge in [-0.1, -0.05) is 19.1 Å². The van der Waals surface area contributed by atoms with Crippen molar-refractivity contribution in [3.63, 3.8) is 0 Å². The first kappa shape index (κ1) is 13.5. The summed E-state index contributed by atoms with van der Waals surface area (Å²) in [5.74, 6) is -0.112. The molecule has 2 aromatic rings. The van der Waals surface area contributed by atoms with Crippen LogP contribution in [0.1, 0.15) is 23.7 Å². The van der Waals surface area contributed by atoms with Crippen LogP contribution in [0.15, 0.2) is 42.7 Å². The maximum absolute atomic E-state index is 13.3. The molecule has 21 heavy (non-hydrogen) atoms. The Kier molecular flexibility index (Phi) is 3.56. The molecule has 5 heteroatoms. The van der Waals surface area contributed by atoms with Gasteiger partial charge >= 0.3 is 0 Å². The van der Waals surface area contributed by atoms with Gasteiger partial charge in [0.2, 0.25) is 0 Å². The van der Waals surface area contributed by atoms with Crippen LogP contribution in [0.2, 0.25) is 0 Å². The second-order valence-electron chi connectivity index (χ2n) is 4.92. The first-order valence-corrected chi connectivity index (χ1v) is 6.87. The van der Waals surface area contributed by atoms with E-state index < -0.39 is 5.82 Å². The van der Waals surface area contributed by atoms with Crippen LogP contribution in [0.3, 0.4) is 0 Å². The van der Waals surface area contributed by atoms with Crippen molar-refractivity contribution in [2.24, 2.45) is 0 Å². The van der Waals surface area contributed by atoms with Crippen LogP contribution in [-0.4, -0.2) is 23.5 Å². The lowest BCUT2D eigenvalue weighted by Crippen LogP contribution is -2.43. The van der Waals surface area contributed by atoms with Crippen molar-refractivity contribution in [3.05, 3.63) is 54.1 Å². The zero-order valence-electron chi connectivity index (χ0n) is 11.6. The van der Waals surface area contributed by atoms with Gasteiger partial charge in [-0.2, -0.15) is 0 Å². The summed E-state index contributed by atoms with van der Waals surface area (Å²) in [5, 5.41) is 0. The molecule has 0 aliphatic carbocycles. The molecule has 1 amide bonds. The lowest BCUT2D eigenvalue weighted by atomic mass is 10.1. The molecule has 108 valence electrons. The standard InChI is InChI=1S/C16H15FN2O2/c1-2-13-10-19(14-5-3-4-6-15(14)21-13)16(20)11-7-12(17)9-18-8-11/h3-9,13H,2,10H2,1H3. The highest BCUT2D eigenvalue weighted by Gasteiger charge is 2.29. The van der Waals surface area contributed by atoms with Crippen LogP contribution in [0.25, 0.3) is 0 Å². The smallest absolute Gasteiger partial charge is 0.260 e. The highest BCUT2D eigenvalue weighted by molar-refractivity contribution is 6.07. The molecule has 0 radical (unpaired) electrons. The fraction of sp³-hybridized carbons (Fsp3) is 0.250. The monoisotopic (exact) mass is 286 g/mol. The number of carbonyl (C=O) groups is 1. The van der Waals surface area contributed by atoms with Gasteiger partial charge in [0, 0.05) is 6.20 Å². The van der Waals surface area contributed by atoms with Gasteiger partial charge in [0.15, 0.2) is 0 Å². The number of hydrogen-bond donors (Lipinski definition) is 0. The average Bonchev–Trinajstić information content (AvgIpc) is 2.53. The van der Waals surface area contributed by atoms with E-state index in [9.17, 15) is 9.18 Å². The van der Waals surface area contributed by atoms with Gasteiger partial charge in [-0.15, -0.1) is 0 Å². The minimum atomic E-state index is -0.519. The van der Waals surface area contributed by atoms with Crippen LogP contribution >= 0.6 is 0 Å². The normalized spacial score (nSPS) is 17.0. The largest absolute Gasteiger partial charge is 0.486 e. The van der Waals surface area contributed by atoms with E-state index in [1.807, 2.05) is 31.2 Å². The Labute approximate surface area is 122 Å². The van der Waals surface area contributed by atoms with Crippen LogP contribution in [-0.2, 0) is 0 Å². The third-order valence-electron chi connectivity index (χ3n) is 3.49. The zero-order valence-corrected chi connectivity index (χ0v) is 11.6. The fourth-order valence-corrected chi connectivity index (χ4v) is 2.39. The van der Waals surface area contributed by atoms with Crippen molar-refractivity contribution < 1.29 is 13.9 Å². The van der Waals surface area contributed by atoms with Gasteiger partial charge in [-0.3, -0.25) is 9.78 Å². The maximum Gasteiger partial charge on any atom is 0.260 e. The van der Waals surface area contributed by atoms with Crippen molar-refractivity contribution in [2.75, 3.05) is 11.4 Å². The van der Waals surface area contributed by atoms with E-state index in [1.165, 1.54) is 12.3 Å². The maximum atomic E-state index is 13.3. The quantitative estimate of drug-likeness (QED) is 0.852. The molecular formula is C16H15FN2O2. The van der Waals surface area contributed by atoms with Gasteiger partial charge in [-0.05, 0) is 24.6 Å². The molecule has 2 heterocycles. The molecule has 0 bridgehead atoms. The molecule has 1 aliphatic rings. The summed E-state index contributed by atoms with van der Waals surface area (Å²) in [6.07, 6.45) is 3.19. The lowest BCUT2D eigenvalue weighted by molar-refractivity contribution is 0.0953. The molecule has 1 atom stereocenters. The van der Waals surface area contributed by atoms with E-state index >= 15 is 0 Å². The molecule has 0 saturated carbocycles. The molecular weight excluding hydrogens is 271 g/mol. The second kappa shape index (κ2) is 5.52. The number of rotatable bonds is 2. The van der Waals surface area contributed by atoms with E-state index in [4.69, 9.17) is 4.74 Å². The van der Waals surface area contributed by atoms with Crippen molar-refractivity contribution in [3.8, 4) is 5.75 Å². The van der Waals surface area contributed by atoms with E-state index in [-0.39, 0.29) is 17.6 Å². The molecule has 0 fully saturated rings. The van der Waals surface area contributed by atoms with Crippen molar-refractivity contribution in [2.45, 2.75) is 19.4 Å². The summed E-state index contributed by atoms with van der Waals surface area (Å²) in [7, 11) is 0. The van der Waals surface area contributed by atoms with Crippen LogP contribution in [0, 0.1) is 5.82 Å². The highest BCUT2D eigenvalue weighted by Crippen LogP contribution is 2.34. The predicted molar refractivity (Wildman–Crippen MR) is 77.0 cm³/mol. The van der Waals surface area contributed by atoms with Crippen molar-refractivity contribution in [1.29, 1.82) is 0 Å². The molecule has 4 nitrogen and oxygen atoms in total. The summed E-state index contributed by atoms with van der Waals surface area (Å²) in [6, 6.07) is 8.57. The number of carbonyl (C=O) groups excluding carboxylic acids is 1. The molecule has 1 aliphatic heterocycles. The second-order valence-corrected chi connectivity index (χ2v) is 4.92. The first-order chi connectivity index (χ1) is 10.2. The average molecular weight is 286 g/mol. The Balaban J connectivity index is 1.99. The summed E-state index contributed by atoms with van der Waals surface area (Å²) < 4.78 is 19.1. The van der Waals surface area contributed by atoms with E-state index in [1.54, 1.807) is 4.90 Å². The Morgan fingerprint density at radius 2 is 2.24 bits per heavy atom. The van der Waals surface area contributed by atoms with Gasteiger partial charge in [0.05, 0.1) is 24.0 Å². The summed E-state index contributed by atoms with van der Waals surface area (Å²) >= 11 is 0. The SMILES string of the molecule is CCC1CN(C(=O)c2cncc(F)c2)c2ccccc2O1. The zero-order chi connectivity index (χ0) is 14.8. The minimum Gasteiger partial charge on any atom is -0.486 e. The topological polar surface area (TPSA) is 42.4 Å². The molecule has 0 saturated heterocycles. The number of ether oxygens (including phenoxy) is 1. The lowest BCUT2D eigenvalue weighted by Gasteiger charge is -2.34. The Morgan fingerprint density at radius 3 is 3.00 bits per heavy atom. The number of pyridine rings is 1. The fourth-order valence-electron chi connectivity index (χ4n) is 2.39. The molecule has 0 N–H and O–H groups in total. The van der Waals surface area contributed by atoms with Crippen molar-refractivity contribution >= 4 is 11.6 Å². The Morgan fingerprint density at radius 1 is 1.43 bits per heavy atom. The molecule has 1 aromatic heterocycles. The Bertz CT molecular complexity index is 675. The number of aromatic nitrogens is 1. The van der Waals surface area contributed by atoms with Crippen LogP contribution in [0.4, 0.5) is 10.1 Å². The number of hydrogen-bond acceptors (Lipinski definition) is 3. The summed E-state index contributed by atoms with van der Waals surface area (Å²) in [5.41, 5.74) is 0.943. The van der Waals surface area contributed by atoms with E-state index in [2.05, 4.69) is 4.98 Å². The third-order valence-corrected chi connectivity index (χ3v) is 3.49. The molecule has 1 unspecified atom stereocenters. The highest BCUT2D eigenvalue weighted by atomic mass is 19.1. The van der Waals surface area contributed by atoms with Gasteiger partial charge in [0.25, 0.3) is 5.91 Å². The number of anilines is 1. The molecule has 3 rings (SSSR count). The third kappa shape index (κ3) is 2.59. The van der Waals surface area contributed by atoms with Gasteiger partial charge in [-0.25, -0.2) is 4.39 Å². The van der Waals surface area contributed by atoms with Gasteiger partial charge < -0.3 is 9.64 Å². The Hall–Kier alpha value is -2.43. The number of fused-ring (bicyclic) bond motifs is 1. The number of para-hydroxylation sites is 2. The number of amides is 1. The van der Waals surface area contributed by atoms with Crippen LogP contribution in [0.5, 0.6) is 5.75 Å². The molecule has 1 aromatic carbocycles. The number of nitrogens with zero attached hydrogens (tertiary/aromatic N) is 2. The minimum absolute atomic E-state index is 0.0645. The number of benzene rings is 1. The van der Waals surface area contributed by atoms with Crippen molar-refractivity contribution in [1.82, 2.24) is 4.98 Å². The predicted octanol–water partition coefficient (Wildman–Crippen LogP) is 3.04. The van der Waals surface area contributed by atoms with E-state index in [0.29, 0.717) is 18.0 Å². The molecule has 0 spiro atoms. The van der Waals surface area contributed by atoms with E-state index in [0.717, 1.165) is 12.6 Å². The number of halogens is 1.